The molecule has 22 heavy (non-hydrogen) atoms. The molecule has 2 heterocycles. The first-order chi connectivity index (χ1) is 10.8. The second kappa shape index (κ2) is 5.11. The third kappa shape index (κ3) is 2.27. The van der Waals surface area contributed by atoms with Gasteiger partial charge in [0.15, 0.2) is 5.58 Å². The first-order valence-electron chi connectivity index (χ1n) is 7.18. The van der Waals surface area contributed by atoms with Crippen LogP contribution in [0.1, 0.15) is 5.56 Å². The molecular weight excluding hydrogens is 272 g/mol. The lowest BCUT2D eigenvalue weighted by Crippen LogP contribution is -1.85. The maximum Gasteiger partial charge on any atom is 0.227 e. The van der Waals surface area contributed by atoms with Crippen molar-refractivity contribution in [3.8, 4) is 22.6 Å². The smallest absolute Gasteiger partial charge is 0.227 e. The van der Waals surface area contributed by atoms with Crippen molar-refractivity contribution in [1.29, 1.82) is 0 Å². The highest BCUT2D eigenvalue weighted by molar-refractivity contribution is 5.77. The molecule has 4 rings (SSSR count). The highest BCUT2D eigenvalue weighted by Gasteiger charge is 2.10. The van der Waals surface area contributed by atoms with Crippen LogP contribution in [0.4, 0.5) is 0 Å². The molecule has 0 radical (unpaired) electrons. The van der Waals surface area contributed by atoms with E-state index in [4.69, 9.17) is 4.42 Å². The van der Waals surface area contributed by atoms with E-state index in [0.717, 1.165) is 27.8 Å². The van der Waals surface area contributed by atoms with Crippen LogP contribution in [0, 0.1) is 6.92 Å². The van der Waals surface area contributed by atoms with Crippen molar-refractivity contribution in [2.24, 2.45) is 0 Å². The molecule has 0 atom stereocenters. The minimum atomic E-state index is 0.653. The summed E-state index contributed by atoms with van der Waals surface area (Å²) in [7, 11) is 0. The summed E-state index contributed by atoms with van der Waals surface area (Å²) >= 11 is 0. The number of rotatable bonds is 2. The zero-order valence-corrected chi connectivity index (χ0v) is 12.2. The van der Waals surface area contributed by atoms with Crippen LogP contribution in [0.2, 0.25) is 0 Å². The molecule has 0 saturated carbocycles. The van der Waals surface area contributed by atoms with Crippen LogP contribution in [0.15, 0.2) is 71.4 Å². The van der Waals surface area contributed by atoms with Gasteiger partial charge in [-0.15, -0.1) is 0 Å². The molecule has 3 heteroatoms. The normalized spacial score (nSPS) is 11.0. The predicted molar refractivity (Wildman–Crippen MR) is 87.4 cm³/mol. The van der Waals surface area contributed by atoms with E-state index in [-0.39, 0.29) is 0 Å². The number of para-hydroxylation sites is 2. The van der Waals surface area contributed by atoms with Gasteiger partial charge in [0.2, 0.25) is 5.89 Å². The minimum absolute atomic E-state index is 0.653. The van der Waals surface area contributed by atoms with Crippen molar-refractivity contribution in [2.75, 3.05) is 0 Å². The molecule has 0 aliphatic heterocycles. The van der Waals surface area contributed by atoms with Crippen LogP contribution in [-0.2, 0) is 0 Å². The largest absolute Gasteiger partial charge is 0.436 e. The van der Waals surface area contributed by atoms with Crippen LogP contribution >= 0.6 is 0 Å². The lowest BCUT2D eigenvalue weighted by atomic mass is 10.0. The van der Waals surface area contributed by atoms with Gasteiger partial charge in [-0.2, -0.15) is 0 Å². The maximum atomic E-state index is 5.88. The van der Waals surface area contributed by atoms with Gasteiger partial charge >= 0.3 is 0 Å². The van der Waals surface area contributed by atoms with Crippen molar-refractivity contribution in [3.05, 3.63) is 72.6 Å². The first-order valence-corrected chi connectivity index (χ1v) is 7.18. The second-order valence-corrected chi connectivity index (χ2v) is 5.31. The molecule has 0 aliphatic rings. The van der Waals surface area contributed by atoms with Crippen LogP contribution in [0.5, 0.6) is 0 Å². The molecule has 0 spiro atoms. The van der Waals surface area contributed by atoms with E-state index in [2.05, 4.69) is 35.1 Å². The molecule has 3 nitrogen and oxygen atoms in total. The topological polar surface area (TPSA) is 38.9 Å². The Morgan fingerprint density at radius 3 is 2.41 bits per heavy atom. The van der Waals surface area contributed by atoms with Gasteiger partial charge in [-0.25, -0.2) is 4.98 Å². The summed E-state index contributed by atoms with van der Waals surface area (Å²) in [5.41, 5.74) is 6.12. The maximum absolute atomic E-state index is 5.88. The van der Waals surface area contributed by atoms with Gasteiger partial charge in [0.05, 0.1) is 0 Å². The summed E-state index contributed by atoms with van der Waals surface area (Å²) in [4.78, 5) is 8.65. The zero-order chi connectivity index (χ0) is 14.9. The third-order valence-electron chi connectivity index (χ3n) is 3.63. The Labute approximate surface area is 128 Å². The molecule has 0 N–H and O–H groups in total. The molecular formula is C19H14N2O. The highest BCUT2D eigenvalue weighted by Crippen LogP contribution is 2.29. The number of aryl methyl sites for hydroxylation is 1. The first kappa shape index (κ1) is 12.8. The van der Waals surface area contributed by atoms with Crippen molar-refractivity contribution >= 4 is 11.1 Å². The average molecular weight is 286 g/mol. The summed E-state index contributed by atoms with van der Waals surface area (Å²) in [6.45, 7) is 2.08. The van der Waals surface area contributed by atoms with Crippen LogP contribution in [0.3, 0.4) is 0 Å². The summed E-state index contributed by atoms with van der Waals surface area (Å²) in [6, 6.07) is 18.2. The lowest BCUT2D eigenvalue weighted by molar-refractivity contribution is 0.620. The third-order valence-corrected chi connectivity index (χ3v) is 3.63. The average Bonchev–Trinajstić information content (AvgIpc) is 2.99. The van der Waals surface area contributed by atoms with Gasteiger partial charge in [0, 0.05) is 18.0 Å². The van der Waals surface area contributed by atoms with E-state index in [1.165, 1.54) is 5.56 Å². The molecule has 0 unspecified atom stereocenters. The fraction of sp³-hybridized carbons (Fsp3) is 0.0526. The number of benzene rings is 2. The van der Waals surface area contributed by atoms with E-state index < -0.39 is 0 Å². The van der Waals surface area contributed by atoms with Gasteiger partial charge in [-0.3, -0.25) is 4.98 Å². The number of aromatic nitrogens is 2. The van der Waals surface area contributed by atoms with Gasteiger partial charge in [0.1, 0.15) is 5.52 Å². The van der Waals surface area contributed by atoms with Gasteiger partial charge in [-0.05, 0) is 60.0 Å². The predicted octanol–water partition coefficient (Wildman–Crippen LogP) is 4.87. The number of pyridine rings is 1. The molecule has 0 amide bonds. The van der Waals surface area contributed by atoms with Gasteiger partial charge in [-0.1, -0.05) is 18.2 Å². The summed E-state index contributed by atoms with van der Waals surface area (Å²) < 4.78 is 5.88. The molecule has 0 aliphatic carbocycles. The Hall–Kier alpha value is -2.94. The molecule has 2 aromatic carbocycles. The molecule has 106 valence electrons. The standard InChI is InChI=1S/C19H14N2O/c1-13-10-15(14-6-8-20-9-7-14)12-16(11-13)19-21-17-4-2-3-5-18(17)22-19/h2-12H,1H3. The molecule has 0 fully saturated rings. The van der Waals surface area contributed by atoms with Crippen LogP contribution in [0.25, 0.3) is 33.7 Å². The van der Waals surface area contributed by atoms with Crippen molar-refractivity contribution < 1.29 is 4.42 Å². The van der Waals surface area contributed by atoms with Crippen molar-refractivity contribution in [2.45, 2.75) is 6.92 Å². The molecule has 4 aromatic rings. The second-order valence-electron chi connectivity index (χ2n) is 5.31. The summed E-state index contributed by atoms with van der Waals surface area (Å²) in [6.07, 6.45) is 3.60. The highest BCUT2D eigenvalue weighted by atomic mass is 16.3. The Bertz CT molecular complexity index is 909. The SMILES string of the molecule is Cc1cc(-c2ccncc2)cc(-c2nc3ccccc3o2)c1. The van der Waals surface area contributed by atoms with E-state index in [9.17, 15) is 0 Å². The summed E-state index contributed by atoms with van der Waals surface area (Å²) in [5, 5.41) is 0. The quantitative estimate of drug-likeness (QED) is 0.528. The Balaban J connectivity index is 1.86. The number of hydrogen-bond acceptors (Lipinski definition) is 3. The Kier molecular flexibility index (Phi) is 2.97. The molecule has 0 bridgehead atoms. The Morgan fingerprint density at radius 1 is 0.818 bits per heavy atom. The van der Waals surface area contributed by atoms with Gasteiger partial charge in [0.25, 0.3) is 0 Å². The minimum Gasteiger partial charge on any atom is -0.436 e. The van der Waals surface area contributed by atoms with Crippen LogP contribution < -0.4 is 0 Å². The van der Waals surface area contributed by atoms with E-state index >= 15 is 0 Å². The Morgan fingerprint density at radius 2 is 1.59 bits per heavy atom. The van der Waals surface area contributed by atoms with Crippen molar-refractivity contribution in [1.82, 2.24) is 9.97 Å². The molecule has 0 saturated heterocycles. The lowest BCUT2D eigenvalue weighted by Gasteiger charge is -2.05. The van der Waals surface area contributed by atoms with E-state index in [0.29, 0.717) is 5.89 Å². The number of oxazole rings is 1. The summed E-state index contributed by atoms with van der Waals surface area (Å²) in [5.74, 6) is 0.653. The fourth-order valence-corrected chi connectivity index (χ4v) is 2.61. The zero-order valence-electron chi connectivity index (χ0n) is 12.2. The van der Waals surface area contributed by atoms with Gasteiger partial charge < -0.3 is 4.42 Å². The fourth-order valence-electron chi connectivity index (χ4n) is 2.61. The number of nitrogens with zero attached hydrogens (tertiary/aromatic N) is 2. The van der Waals surface area contributed by atoms with E-state index in [1.54, 1.807) is 12.4 Å². The van der Waals surface area contributed by atoms with E-state index in [1.807, 2.05) is 36.4 Å². The number of hydrogen-bond donors (Lipinski definition) is 0. The van der Waals surface area contributed by atoms with Crippen LogP contribution in [-0.4, -0.2) is 9.97 Å². The van der Waals surface area contributed by atoms with Crippen molar-refractivity contribution in [3.63, 3.8) is 0 Å². The number of fused-ring (bicyclic) bond motifs is 1. The molecule has 2 aromatic heterocycles. The monoisotopic (exact) mass is 286 g/mol.